The zero-order valence-electron chi connectivity index (χ0n) is 12.3. The lowest BCUT2D eigenvalue weighted by molar-refractivity contribution is 0.264. The zero-order valence-corrected chi connectivity index (χ0v) is 12.3. The van der Waals surface area contributed by atoms with E-state index in [0.29, 0.717) is 24.0 Å². The van der Waals surface area contributed by atoms with Gasteiger partial charge in [-0.3, -0.25) is 9.98 Å². The summed E-state index contributed by atoms with van der Waals surface area (Å²) in [6, 6.07) is 1.53. The van der Waals surface area contributed by atoms with Gasteiger partial charge < -0.3 is 5.32 Å². The molecule has 0 radical (unpaired) electrons. The van der Waals surface area contributed by atoms with E-state index in [1.807, 2.05) is 0 Å². The standard InChI is InChI=1S/C16H25N3/c1-4-10-7-13(17-10)16(14-8-11(5-2)18-14)15-9-12(6-3)19-15/h7,13-17H,4-6,8-9H2,1-3H3. The first-order chi connectivity index (χ1) is 9.25. The minimum absolute atomic E-state index is 0.509. The molecule has 0 saturated heterocycles. The van der Waals surface area contributed by atoms with Crippen LogP contribution in [0.1, 0.15) is 52.9 Å². The van der Waals surface area contributed by atoms with Gasteiger partial charge in [0.25, 0.3) is 0 Å². The highest BCUT2D eigenvalue weighted by atomic mass is 15.0. The summed E-state index contributed by atoms with van der Waals surface area (Å²) in [6.45, 7) is 6.62. The Morgan fingerprint density at radius 1 is 1.05 bits per heavy atom. The third-order valence-electron chi connectivity index (χ3n) is 4.82. The van der Waals surface area contributed by atoms with Gasteiger partial charge in [-0.25, -0.2) is 0 Å². The SMILES string of the molecule is CCC1=CC(C(C2CC(CC)=N2)C2CC(CC)=N2)N1. The van der Waals surface area contributed by atoms with Crippen molar-refractivity contribution in [3.63, 3.8) is 0 Å². The lowest BCUT2D eigenvalue weighted by Gasteiger charge is -2.45. The van der Waals surface area contributed by atoms with Crippen molar-refractivity contribution >= 4 is 11.4 Å². The molecule has 0 saturated carbocycles. The highest BCUT2D eigenvalue weighted by molar-refractivity contribution is 5.90. The normalized spacial score (nSPS) is 33.8. The molecular formula is C16H25N3. The van der Waals surface area contributed by atoms with Crippen molar-refractivity contribution in [2.45, 2.75) is 71.0 Å². The fraction of sp³-hybridized carbons (Fsp3) is 0.750. The summed E-state index contributed by atoms with van der Waals surface area (Å²) in [5, 5.41) is 3.62. The van der Waals surface area contributed by atoms with Crippen molar-refractivity contribution in [3.05, 3.63) is 11.8 Å². The quantitative estimate of drug-likeness (QED) is 0.782. The summed E-state index contributed by atoms with van der Waals surface area (Å²) >= 11 is 0. The molecule has 1 N–H and O–H groups in total. The second-order valence-electron chi connectivity index (χ2n) is 5.93. The van der Waals surface area contributed by atoms with E-state index >= 15 is 0 Å². The van der Waals surface area contributed by atoms with Gasteiger partial charge in [-0.1, -0.05) is 20.8 Å². The lowest BCUT2D eigenvalue weighted by atomic mass is 9.74. The van der Waals surface area contributed by atoms with Crippen LogP contribution >= 0.6 is 0 Å². The maximum Gasteiger partial charge on any atom is 0.0622 e. The van der Waals surface area contributed by atoms with E-state index < -0.39 is 0 Å². The van der Waals surface area contributed by atoms with Crippen LogP contribution in [0, 0.1) is 5.92 Å². The summed E-state index contributed by atoms with van der Waals surface area (Å²) in [6.07, 6.45) is 8.15. The van der Waals surface area contributed by atoms with E-state index in [1.165, 1.54) is 30.0 Å². The van der Waals surface area contributed by atoms with Gasteiger partial charge in [0, 0.05) is 35.9 Å². The van der Waals surface area contributed by atoms with Crippen molar-refractivity contribution in [1.29, 1.82) is 0 Å². The first-order valence-corrected chi connectivity index (χ1v) is 7.83. The number of rotatable bonds is 6. The summed E-state index contributed by atoms with van der Waals surface area (Å²) in [4.78, 5) is 9.65. The molecule has 3 aliphatic heterocycles. The van der Waals surface area contributed by atoms with Gasteiger partial charge in [0.15, 0.2) is 0 Å². The summed E-state index contributed by atoms with van der Waals surface area (Å²) in [5.74, 6) is 0.584. The van der Waals surface area contributed by atoms with Gasteiger partial charge in [-0.15, -0.1) is 0 Å². The summed E-state index contributed by atoms with van der Waals surface area (Å²) in [7, 11) is 0. The monoisotopic (exact) mass is 259 g/mol. The summed E-state index contributed by atoms with van der Waals surface area (Å²) < 4.78 is 0. The minimum atomic E-state index is 0.509. The molecule has 3 heterocycles. The Hall–Kier alpha value is -1.12. The van der Waals surface area contributed by atoms with Crippen LogP contribution in [0.3, 0.4) is 0 Å². The average molecular weight is 259 g/mol. The van der Waals surface area contributed by atoms with E-state index in [1.54, 1.807) is 0 Å². The number of nitrogens with zero attached hydrogens (tertiary/aromatic N) is 2. The Morgan fingerprint density at radius 3 is 1.89 bits per heavy atom. The topological polar surface area (TPSA) is 36.8 Å². The largest absolute Gasteiger partial charge is 0.382 e. The molecule has 3 nitrogen and oxygen atoms in total. The highest BCUT2D eigenvalue weighted by Crippen LogP contribution is 2.37. The van der Waals surface area contributed by atoms with E-state index in [4.69, 9.17) is 9.98 Å². The Balaban J connectivity index is 1.70. The van der Waals surface area contributed by atoms with Gasteiger partial charge >= 0.3 is 0 Å². The zero-order chi connectivity index (χ0) is 13.4. The van der Waals surface area contributed by atoms with Gasteiger partial charge in [0.2, 0.25) is 0 Å². The van der Waals surface area contributed by atoms with E-state index in [0.717, 1.165) is 19.3 Å². The van der Waals surface area contributed by atoms with Gasteiger partial charge in [0.05, 0.1) is 18.1 Å². The smallest absolute Gasteiger partial charge is 0.0622 e. The number of nitrogens with one attached hydrogen (secondary N) is 1. The van der Waals surface area contributed by atoms with Crippen LogP contribution in [0.2, 0.25) is 0 Å². The van der Waals surface area contributed by atoms with E-state index in [2.05, 4.69) is 32.2 Å². The molecule has 0 fully saturated rings. The molecule has 3 atom stereocenters. The average Bonchev–Trinajstić information content (AvgIpc) is 2.24. The fourth-order valence-corrected chi connectivity index (χ4v) is 3.43. The number of hydrogen-bond donors (Lipinski definition) is 1. The number of allylic oxidation sites excluding steroid dienone is 1. The Bertz CT molecular complexity index is 380. The maximum atomic E-state index is 4.83. The molecule has 3 heteroatoms. The molecule has 3 unspecified atom stereocenters. The molecule has 0 aliphatic carbocycles. The highest BCUT2D eigenvalue weighted by Gasteiger charge is 2.43. The molecule has 19 heavy (non-hydrogen) atoms. The van der Waals surface area contributed by atoms with Crippen molar-refractivity contribution < 1.29 is 0 Å². The van der Waals surface area contributed by atoms with Gasteiger partial charge in [-0.05, 0) is 25.3 Å². The number of hydrogen-bond acceptors (Lipinski definition) is 3. The number of aliphatic imine (C=N–C) groups is 2. The molecule has 0 amide bonds. The van der Waals surface area contributed by atoms with Crippen molar-refractivity contribution in [2.24, 2.45) is 15.9 Å². The molecule has 0 aromatic rings. The molecule has 104 valence electrons. The van der Waals surface area contributed by atoms with Crippen LogP contribution in [0.15, 0.2) is 21.8 Å². The van der Waals surface area contributed by atoms with Crippen LogP contribution in [-0.2, 0) is 0 Å². The Morgan fingerprint density at radius 2 is 1.53 bits per heavy atom. The van der Waals surface area contributed by atoms with Gasteiger partial charge in [0.1, 0.15) is 0 Å². The van der Waals surface area contributed by atoms with Crippen molar-refractivity contribution in [3.8, 4) is 0 Å². The Labute approximate surface area is 116 Å². The minimum Gasteiger partial charge on any atom is -0.382 e. The predicted octanol–water partition coefficient (Wildman–Crippen LogP) is 3.11. The van der Waals surface area contributed by atoms with Crippen LogP contribution in [-0.4, -0.2) is 29.5 Å². The van der Waals surface area contributed by atoms with E-state index in [-0.39, 0.29) is 0 Å². The van der Waals surface area contributed by atoms with Crippen LogP contribution in [0.4, 0.5) is 0 Å². The first-order valence-electron chi connectivity index (χ1n) is 7.83. The van der Waals surface area contributed by atoms with Crippen molar-refractivity contribution in [2.75, 3.05) is 0 Å². The molecular weight excluding hydrogens is 234 g/mol. The third kappa shape index (κ3) is 2.24. The van der Waals surface area contributed by atoms with Crippen LogP contribution in [0.5, 0.6) is 0 Å². The maximum absolute atomic E-state index is 4.83. The Kier molecular flexibility index (Phi) is 3.46. The van der Waals surface area contributed by atoms with E-state index in [9.17, 15) is 0 Å². The predicted molar refractivity (Wildman–Crippen MR) is 81.0 cm³/mol. The molecule has 0 spiro atoms. The molecule has 3 rings (SSSR count). The van der Waals surface area contributed by atoms with Crippen LogP contribution in [0.25, 0.3) is 0 Å². The second-order valence-corrected chi connectivity index (χ2v) is 5.93. The lowest BCUT2D eigenvalue weighted by Crippen LogP contribution is -2.54. The first kappa shape index (κ1) is 12.9. The van der Waals surface area contributed by atoms with Gasteiger partial charge in [-0.2, -0.15) is 0 Å². The molecule has 0 bridgehead atoms. The van der Waals surface area contributed by atoms with Crippen molar-refractivity contribution in [1.82, 2.24) is 5.32 Å². The summed E-state index contributed by atoms with van der Waals surface area (Å²) in [5.41, 5.74) is 4.19. The molecule has 0 aromatic carbocycles. The molecule has 0 aromatic heterocycles. The fourth-order valence-electron chi connectivity index (χ4n) is 3.43. The second kappa shape index (κ2) is 5.10. The molecule has 3 aliphatic rings. The van der Waals surface area contributed by atoms with Crippen LogP contribution < -0.4 is 5.32 Å². The third-order valence-corrected chi connectivity index (χ3v) is 4.82.